The zero-order chi connectivity index (χ0) is 25.2. The van der Waals surface area contributed by atoms with Crippen LogP contribution in [0.15, 0.2) is 60.7 Å². The Morgan fingerprint density at radius 1 is 0.971 bits per heavy atom. The van der Waals surface area contributed by atoms with Gasteiger partial charge >= 0.3 is 6.09 Å². The van der Waals surface area contributed by atoms with Crippen molar-refractivity contribution < 1.29 is 28.7 Å². The van der Waals surface area contributed by atoms with Crippen molar-refractivity contribution in [1.29, 1.82) is 0 Å². The molecule has 5 amide bonds. The van der Waals surface area contributed by atoms with Crippen molar-refractivity contribution in [3.63, 3.8) is 0 Å². The minimum Gasteiger partial charge on any atom is -0.445 e. The van der Waals surface area contributed by atoms with E-state index in [0.717, 1.165) is 5.56 Å². The summed E-state index contributed by atoms with van der Waals surface area (Å²) in [5.74, 6) is -2.15. The van der Waals surface area contributed by atoms with E-state index in [4.69, 9.17) is 4.74 Å². The molecule has 5 N–H and O–H groups in total. The van der Waals surface area contributed by atoms with Crippen LogP contribution in [0.5, 0.6) is 0 Å². The van der Waals surface area contributed by atoms with Gasteiger partial charge in [-0.1, -0.05) is 60.7 Å². The molecule has 1 saturated heterocycles. The van der Waals surface area contributed by atoms with Gasteiger partial charge in [0.15, 0.2) is 0 Å². The summed E-state index contributed by atoms with van der Waals surface area (Å²) in [5.41, 5.74) is 1.25. The minimum absolute atomic E-state index is 0.00959. The molecule has 2 aromatic carbocycles. The van der Waals surface area contributed by atoms with E-state index in [-0.39, 0.29) is 12.5 Å². The SMILES string of the molecule is CNC(=O)C(CC(=O)NC(C(=O)NC1CNC1=O)c1ccccc1)NC(=O)OCc1ccccc1. The maximum Gasteiger partial charge on any atom is 0.408 e. The third-order valence-corrected chi connectivity index (χ3v) is 5.27. The fraction of sp³-hybridized carbons (Fsp3) is 0.292. The number of ether oxygens (including phenoxy) is 1. The molecule has 0 spiro atoms. The van der Waals surface area contributed by atoms with Crippen LogP contribution >= 0.6 is 0 Å². The highest BCUT2D eigenvalue weighted by Gasteiger charge is 2.33. The molecule has 0 aliphatic carbocycles. The van der Waals surface area contributed by atoms with Gasteiger partial charge in [0.25, 0.3) is 0 Å². The summed E-state index contributed by atoms with van der Waals surface area (Å²) in [6, 6.07) is 14.4. The summed E-state index contributed by atoms with van der Waals surface area (Å²) >= 11 is 0. The fourth-order valence-corrected chi connectivity index (χ4v) is 3.30. The summed E-state index contributed by atoms with van der Waals surface area (Å²) in [6.45, 7) is 0.290. The van der Waals surface area contributed by atoms with Gasteiger partial charge in [0, 0.05) is 13.6 Å². The van der Waals surface area contributed by atoms with Crippen molar-refractivity contribution >= 4 is 29.7 Å². The van der Waals surface area contributed by atoms with E-state index >= 15 is 0 Å². The lowest BCUT2D eigenvalue weighted by molar-refractivity contribution is -0.135. The van der Waals surface area contributed by atoms with Crippen LogP contribution in [0, 0.1) is 0 Å². The zero-order valence-electron chi connectivity index (χ0n) is 19.1. The van der Waals surface area contributed by atoms with E-state index < -0.39 is 48.4 Å². The monoisotopic (exact) mass is 481 g/mol. The highest BCUT2D eigenvalue weighted by molar-refractivity contribution is 5.96. The number of carbonyl (C=O) groups excluding carboxylic acids is 5. The van der Waals surface area contributed by atoms with Gasteiger partial charge in [0.05, 0.1) is 6.42 Å². The number of amides is 5. The average Bonchev–Trinajstić information content (AvgIpc) is 2.88. The highest BCUT2D eigenvalue weighted by atomic mass is 16.5. The number of likely N-dealkylation sites (N-methyl/N-ethyl adjacent to an activating group) is 1. The van der Waals surface area contributed by atoms with Gasteiger partial charge in [-0.25, -0.2) is 4.79 Å². The van der Waals surface area contributed by atoms with Crippen LogP contribution in [0.4, 0.5) is 4.79 Å². The lowest BCUT2D eigenvalue weighted by Gasteiger charge is -2.29. The van der Waals surface area contributed by atoms with E-state index in [1.807, 2.05) is 6.07 Å². The van der Waals surface area contributed by atoms with Crippen LogP contribution in [-0.4, -0.2) is 55.4 Å². The van der Waals surface area contributed by atoms with Crippen molar-refractivity contribution in [2.75, 3.05) is 13.6 Å². The van der Waals surface area contributed by atoms with Crippen molar-refractivity contribution in [3.8, 4) is 0 Å². The fourth-order valence-electron chi connectivity index (χ4n) is 3.30. The Morgan fingerprint density at radius 2 is 1.63 bits per heavy atom. The smallest absolute Gasteiger partial charge is 0.408 e. The molecule has 3 rings (SSSR count). The standard InChI is InChI=1S/C24H27N5O6/c1-25-21(31)17(28-24(34)35-14-15-8-4-2-5-9-15)12-19(30)29-20(16-10-6-3-7-11-16)23(33)27-18-13-26-22(18)32/h2-11,17-18,20H,12-14H2,1H3,(H,25,31)(H,26,32)(H,27,33)(H,28,34)(H,29,30). The first-order valence-electron chi connectivity index (χ1n) is 11.0. The quantitative estimate of drug-likeness (QED) is 0.298. The van der Waals surface area contributed by atoms with Crippen LogP contribution in [0.3, 0.4) is 0 Å². The van der Waals surface area contributed by atoms with Gasteiger partial charge in [-0.15, -0.1) is 0 Å². The Balaban J connectivity index is 1.63. The molecule has 1 aliphatic rings. The van der Waals surface area contributed by atoms with E-state index in [9.17, 15) is 24.0 Å². The number of hydrogen-bond acceptors (Lipinski definition) is 6. The average molecular weight is 482 g/mol. The molecular weight excluding hydrogens is 454 g/mol. The zero-order valence-corrected chi connectivity index (χ0v) is 19.1. The van der Waals surface area contributed by atoms with E-state index in [1.54, 1.807) is 54.6 Å². The number of benzene rings is 2. The summed E-state index contributed by atoms with van der Waals surface area (Å²) in [6.07, 6.45) is -1.32. The first kappa shape index (κ1) is 25.2. The van der Waals surface area contributed by atoms with Crippen LogP contribution in [0.25, 0.3) is 0 Å². The molecule has 11 heteroatoms. The van der Waals surface area contributed by atoms with Crippen LogP contribution < -0.4 is 26.6 Å². The van der Waals surface area contributed by atoms with Crippen molar-refractivity contribution in [2.45, 2.75) is 31.2 Å². The molecule has 0 radical (unpaired) electrons. The number of nitrogens with one attached hydrogen (secondary N) is 5. The molecule has 0 saturated carbocycles. The van der Waals surface area contributed by atoms with Gasteiger partial charge < -0.3 is 31.3 Å². The minimum atomic E-state index is -1.24. The third kappa shape index (κ3) is 7.29. The molecule has 1 heterocycles. The van der Waals surface area contributed by atoms with Gasteiger partial charge in [-0.3, -0.25) is 19.2 Å². The van der Waals surface area contributed by atoms with Gasteiger partial charge in [-0.05, 0) is 11.1 Å². The molecule has 3 atom stereocenters. The molecule has 35 heavy (non-hydrogen) atoms. The van der Waals surface area contributed by atoms with Crippen LogP contribution in [-0.2, 0) is 30.5 Å². The molecular formula is C24H27N5O6. The van der Waals surface area contributed by atoms with Crippen molar-refractivity contribution in [1.82, 2.24) is 26.6 Å². The summed E-state index contributed by atoms with van der Waals surface area (Å²) < 4.78 is 5.13. The molecule has 0 aromatic heterocycles. The third-order valence-electron chi connectivity index (χ3n) is 5.27. The summed E-state index contributed by atoms with van der Waals surface area (Å²) in [7, 11) is 1.37. The Morgan fingerprint density at radius 3 is 2.20 bits per heavy atom. The second-order valence-corrected chi connectivity index (χ2v) is 7.79. The number of alkyl carbamates (subject to hydrolysis) is 1. The molecule has 1 aliphatic heterocycles. The predicted molar refractivity (Wildman–Crippen MR) is 125 cm³/mol. The molecule has 3 unspecified atom stereocenters. The molecule has 184 valence electrons. The molecule has 11 nitrogen and oxygen atoms in total. The molecule has 1 fully saturated rings. The first-order valence-corrected chi connectivity index (χ1v) is 11.0. The van der Waals surface area contributed by atoms with Gasteiger partial charge in [0.1, 0.15) is 24.7 Å². The van der Waals surface area contributed by atoms with Crippen LogP contribution in [0.2, 0.25) is 0 Å². The largest absolute Gasteiger partial charge is 0.445 e. The predicted octanol–water partition coefficient (Wildman–Crippen LogP) is -0.110. The maximum atomic E-state index is 12.8. The Bertz CT molecular complexity index is 1060. The summed E-state index contributed by atoms with van der Waals surface area (Å²) in [4.78, 5) is 61.7. The lowest BCUT2D eigenvalue weighted by Crippen LogP contribution is -2.63. The lowest BCUT2D eigenvalue weighted by atomic mass is 10.0. The highest BCUT2D eigenvalue weighted by Crippen LogP contribution is 2.14. The second-order valence-electron chi connectivity index (χ2n) is 7.79. The van der Waals surface area contributed by atoms with E-state index in [2.05, 4.69) is 26.6 Å². The van der Waals surface area contributed by atoms with Crippen molar-refractivity contribution in [3.05, 3.63) is 71.8 Å². The number of β-lactam (4-membered cyclic amide) rings is 1. The van der Waals surface area contributed by atoms with E-state index in [1.165, 1.54) is 7.05 Å². The first-order chi connectivity index (χ1) is 16.9. The second kappa shape index (κ2) is 12.2. The maximum absolute atomic E-state index is 12.8. The normalized spacial score (nSPS) is 15.9. The topological polar surface area (TPSA) is 155 Å². The van der Waals surface area contributed by atoms with Crippen molar-refractivity contribution in [2.24, 2.45) is 0 Å². The Hall–Kier alpha value is -4.41. The molecule has 2 aromatic rings. The van der Waals surface area contributed by atoms with Crippen LogP contribution in [0.1, 0.15) is 23.6 Å². The Labute approximate surface area is 202 Å². The number of carbonyl (C=O) groups is 5. The molecule has 0 bridgehead atoms. The summed E-state index contributed by atoms with van der Waals surface area (Å²) in [5, 5.41) is 12.5. The van der Waals surface area contributed by atoms with Gasteiger partial charge in [-0.2, -0.15) is 0 Å². The number of rotatable bonds is 10. The number of hydrogen-bond donors (Lipinski definition) is 5. The van der Waals surface area contributed by atoms with E-state index in [0.29, 0.717) is 12.1 Å². The van der Waals surface area contributed by atoms with Gasteiger partial charge in [0.2, 0.25) is 23.6 Å². The Kier molecular flexibility index (Phi) is 8.76.